The number of hydrogen-bond donors (Lipinski definition) is 1. The normalized spacial score (nSPS) is 25.3. The van der Waals surface area contributed by atoms with Crippen molar-refractivity contribution in [1.82, 2.24) is 5.32 Å². The van der Waals surface area contributed by atoms with Crippen LogP contribution in [-0.4, -0.2) is 11.9 Å². The van der Waals surface area contributed by atoms with E-state index in [-0.39, 0.29) is 5.91 Å². The van der Waals surface area contributed by atoms with Crippen LogP contribution in [0.5, 0.6) is 0 Å². The summed E-state index contributed by atoms with van der Waals surface area (Å²) in [6.07, 6.45) is 1.09. The highest BCUT2D eigenvalue weighted by Gasteiger charge is 2.38. The van der Waals surface area contributed by atoms with Crippen molar-refractivity contribution in [2.75, 3.05) is 0 Å². The Labute approximate surface area is 78.0 Å². The first-order chi connectivity index (χ1) is 6.27. The van der Waals surface area contributed by atoms with Gasteiger partial charge >= 0.3 is 0 Å². The summed E-state index contributed by atoms with van der Waals surface area (Å²) in [5, 5.41) is 2.93. The molecule has 2 nitrogen and oxygen atoms in total. The molecule has 2 atom stereocenters. The second-order valence-corrected chi connectivity index (χ2v) is 3.56. The van der Waals surface area contributed by atoms with E-state index >= 15 is 0 Å². The smallest absolute Gasteiger partial charge is 0.217 e. The first-order valence-electron chi connectivity index (χ1n) is 4.59. The first-order valence-corrected chi connectivity index (χ1v) is 4.59. The highest BCUT2D eigenvalue weighted by atomic mass is 16.1. The van der Waals surface area contributed by atoms with Crippen LogP contribution in [0.15, 0.2) is 30.3 Å². The van der Waals surface area contributed by atoms with Gasteiger partial charge in [-0.3, -0.25) is 4.79 Å². The van der Waals surface area contributed by atoms with Gasteiger partial charge in [-0.25, -0.2) is 0 Å². The van der Waals surface area contributed by atoms with Crippen molar-refractivity contribution in [3.05, 3.63) is 35.9 Å². The molecule has 0 bridgehead atoms. The minimum absolute atomic E-state index is 0.0726. The molecule has 2 rings (SSSR count). The fraction of sp³-hybridized carbons (Fsp3) is 0.364. The fourth-order valence-electron chi connectivity index (χ4n) is 1.68. The standard InChI is InChI=1S/C11H13NO/c1-8(13)12-11-7-10(11)9-5-3-2-4-6-9/h2-6,10-11H,7H2,1H3,(H,12,13)/t10-,11?/m1/s1. The van der Waals surface area contributed by atoms with Crippen molar-refractivity contribution >= 4 is 5.91 Å². The Kier molecular flexibility index (Phi) is 2.05. The zero-order chi connectivity index (χ0) is 9.26. The highest BCUT2D eigenvalue weighted by Crippen LogP contribution is 2.40. The lowest BCUT2D eigenvalue weighted by Crippen LogP contribution is -2.23. The van der Waals surface area contributed by atoms with Gasteiger partial charge in [0.1, 0.15) is 0 Å². The highest BCUT2D eigenvalue weighted by molar-refractivity contribution is 5.73. The third-order valence-electron chi connectivity index (χ3n) is 2.41. The van der Waals surface area contributed by atoms with Gasteiger partial charge in [-0.2, -0.15) is 0 Å². The number of rotatable bonds is 2. The lowest BCUT2D eigenvalue weighted by atomic mass is 10.1. The monoisotopic (exact) mass is 175 g/mol. The van der Waals surface area contributed by atoms with Crippen LogP contribution in [0.1, 0.15) is 24.8 Å². The third-order valence-corrected chi connectivity index (χ3v) is 2.41. The average molecular weight is 175 g/mol. The zero-order valence-electron chi connectivity index (χ0n) is 7.66. The summed E-state index contributed by atoms with van der Waals surface area (Å²) >= 11 is 0. The molecule has 1 saturated carbocycles. The van der Waals surface area contributed by atoms with E-state index in [1.165, 1.54) is 5.56 Å². The van der Waals surface area contributed by atoms with Crippen molar-refractivity contribution < 1.29 is 4.79 Å². The van der Waals surface area contributed by atoms with Gasteiger partial charge in [0.15, 0.2) is 0 Å². The summed E-state index contributed by atoms with van der Waals surface area (Å²) < 4.78 is 0. The number of hydrogen-bond acceptors (Lipinski definition) is 1. The van der Waals surface area contributed by atoms with E-state index < -0.39 is 0 Å². The Morgan fingerprint density at radius 1 is 1.38 bits per heavy atom. The molecule has 1 fully saturated rings. The molecule has 1 aliphatic rings. The van der Waals surface area contributed by atoms with Crippen molar-refractivity contribution in [2.24, 2.45) is 0 Å². The molecule has 1 aromatic rings. The van der Waals surface area contributed by atoms with E-state index in [0.717, 1.165) is 6.42 Å². The summed E-state index contributed by atoms with van der Waals surface area (Å²) in [4.78, 5) is 10.8. The SMILES string of the molecule is CC(=O)NC1C[C@@H]1c1ccccc1. The molecule has 1 aromatic carbocycles. The molecule has 0 heterocycles. The molecule has 1 amide bonds. The van der Waals surface area contributed by atoms with E-state index in [0.29, 0.717) is 12.0 Å². The van der Waals surface area contributed by atoms with Gasteiger partial charge in [-0.05, 0) is 12.0 Å². The quantitative estimate of drug-likeness (QED) is 0.728. The Balaban J connectivity index is 1.97. The summed E-state index contributed by atoms with van der Waals surface area (Å²) in [5.41, 5.74) is 1.33. The van der Waals surface area contributed by atoms with Crippen LogP contribution >= 0.6 is 0 Å². The number of benzene rings is 1. The van der Waals surface area contributed by atoms with Gasteiger partial charge in [-0.1, -0.05) is 30.3 Å². The number of amides is 1. The summed E-state index contributed by atoms with van der Waals surface area (Å²) in [5.74, 6) is 0.619. The maximum atomic E-state index is 10.8. The molecule has 0 saturated heterocycles. The summed E-state index contributed by atoms with van der Waals surface area (Å²) in [6.45, 7) is 1.57. The minimum atomic E-state index is 0.0726. The maximum Gasteiger partial charge on any atom is 0.217 e. The molecule has 2 heteroatoms. The Morgan fingerprint density at radius 2 is 2.08 bits per heavy atom. The molecular formula is C11H13NO. The van der Waals surface area contributed by atoms with Crippen molar-refractivity contribution in [3.8, 4) is 0 Å². The van der Waals surface area contributed by atoms with E-state index in [1.54, 1.807) is 6.92 Å². The van der Waals surface area contributed by atoms with Crippen molar-refractivity contribution in [1.29, 1.82) is 0 Å². The van der Waals surface area contributed by atoms with Gasteiger partial charge in [0.25, 0.3) is 0 Å². The van der Waals surface area contributed by atoms with E-state index in [9.17, 15) is 4.79 Å². The minimum Gasteiger partial charge on any atom is -0.353 e. The van der Waals surface area contributed by atoms with E-state index in [1.807, 2.05) is 18.2 Å². The molecule has 1 unspecified atom stereocenters. The maximum absolute atomic E-state index is 10.8. The zero-order valence-corrected chi connectivity index (χ0v) is 7.66. The van der Waals surface area contributed by atoms with E-state index in [4.69, 9.17) is 0 Å². The van der Waals surface area contributed by atoms with Crippen LogP contribution in [0.4, 0.5) is 0 Å². The molecule has 0 aromatic heterocycles. The molecule has 0 aliphatic heterocycles. The Morgan fingerprint density at radius 3 is 2.69 bits per heavy atom. The third kappa shape index (κ3) is 1.89. The predicted molar refractivity (Wildman–Crippen MR) is 51.4 cm³/mol. The molecule has 1 aliphatic carbocycles. The largest absolute Gasteiger partial charge is 0.353 e. The lowest BCUT2D eigenvalue weighted by Gasteiger charge is -2.00. The Hall–Kier alpha value is -1.31. The van der Waals surface area contributed by atoms with Crippen LogP contribution in [0.3, 0.4) is 0 Å². The van der Waals surface area contributed by atoms with Gasteiger partial charge in [0.05, 0.1) is 0 Å². The second kappa shape index (κ2) is 3.21. The first kappa shape index (κ1) is 8.30. The van der Waals surface area contributed by atoms with Gasteiger partial charge in [-0.15, -0.1) is 0 Å². The van der Waals surface area contributed by atoms with Crippen LogP contribution in [0.25, 0.3) is 0 Å². The van der Waals surface area contributed by atoms with Crippen LogP contribution in [0, 0.1) is 0 Å². The van der Waals surface area contributed by atoms with Gasteiger partial charge in [0, 0.05) is 18.9 Å². The number of nitrogens with one attached hydrogen (secondary N) is 1. The molecule has 13 heavy (non-hydrogen) atoms. The molecule has 68 valence electrons. The second-order valence-electron chi connectivity index (χ2n) is 3.56. The van der Waals surface area contributed by atoms with Gasteiger partial charge < -0.3 is 5.32 Å². The Bertz CT molecular complexity index is 307. The van der Waals surface area contributed by atoms with Crippen LogP contribution < -0.4 is 5.32 Å². The molecule has 0 spiro atoms. The number of carbonyl (C=O) groups excluding carboxylic acids is 1. The van der Waals surface area contributed by atoms with Crippen molar-refractivity contribution in [2.45, 2.75) is 25.3 Å². The molecular weight excluding hydrogens is 162 g/mol. The lowest BCUT2D eigenvalue weighted by molar-refractivity contribution is -0.119. The molecule has 0 radical (unpaired) electrons. The average Bonchev–Trinajstić information content (AvgIpc) is 2.84. The van der Waals surface area contributed by atoms with Crippen LogP contribution in [0.2, 0.25) is 0 Å². The van der Waals surface area contributed by atoms with Gasteiger partial charge in [0.2, 0.25) is 5.91 Å². The topological polar surface area (TPSA) is 29.1 Å². The molecule has 1 N–H and O–H groups in total. The van der Waals surface area contributed by atoms with Crippen molar-refractivity contribution in [3.63, 3.8) is 0 Å². The fourth-order valence-corrected chi connectivity index (χ4v) is 1.68. The predicted octanol–water partition coefficient (Wildman–Crippen LogP) is 1.68. The van der Waals surface area contributed by atoms with E-state index in [2.05, 4.69) is 17.4 Å². The summed E-state index contributed by atoms with van der Waals surface area (Å²) in [7, 11) is 0. The number of carbonyl (C=O) groups is 1. The summed E-state index contributed by atoms with van der Waals surface area (Å²) in [6, 6.07) is 10.7. The van der Waals surface area contributed by atoms with Crippen LogP contribution in [-0.2, 0) is 4.79 Å².